The van der Waals surface area contributed by atoms with E-state index in [4.69, 9.17) is 0 Å². The first-order valence-electron chi connectivity index (χ1n) is 12.8. The SMILES string of the molecule is CC(=O)N1CCN(C(c2ccc([C@H](C)Nc3ncc4cnc(=O)n(C(C)C)c4n3)cc2)C(C)C)CC1. The van der Waals surface area contributed by atoms with E-state index in [1.807, 2.05) is 18.7 Å². The lowest BCUT2D eigenvalue weighted by Gasteiger charge is -2.41. The zero-order chi connectivity index (χ0) is 26.0. The van der Waals surface area contributed by atoms with Gasteiger partial charge in [-0.05, 0) is 37.8 Å². The summed E-state index contributed by atoms with van der Waals surface area (Å²) < 4.78 is 1.59. The van der Waals surface area contributed by atoms with Crippen molar-refractivity contribution in [3.05, 3.63) is 58.3 Å². The first kappa shape index (κ1) is 25.8. The number of rotatable bonds is 7. The minimum atomic E-state index is -0.312. The van der Waals surface area contributed by atoms with Crippen molar-refractivity contribution in [3.63, 3.8) is 0 Å². The lowest BCUT2D eigenvalue weighted by Crippen LogP contribution is -2.49. The maximum atomic E-state index is 12.3. The lowest BCUT2D eigenvalue weighted by molar-refractivity contribution is -0.131. The lowest BCUT2D eigenvalue weighted by atomic mass is 9.92. The Morgan fingerprint density at radius 3 is 2.11 bits per heavy atom. The Morgan fingerprint density at radius 2 is 1.53 bits per heavy atom. The van der Waals surface area contributed by atoms with Crippen molar-refractivity contribution < 1.29 is 4.79 Å². The normalized spacial score (nSPS) is 16.5. The quantitative estimate of drug-likeness (QED) is 0.537. The molecule has 0 bridgehead atoms. The highest BCUT2D eigenvalue weighted by Gasteiger charge is 2.28. The summed E-state index contributed by atoms with van der Waals surface area (Å²) in [6.07, 6.45) is 3.22. The molecule has 1 N–H and O–H groups in total. The number of carbonyl (C=O) groups excluding carboxylic acids is 1. The van der Waals surface area contributed by atoms with Crippen molar-refractivity contribution in [2.45, 2.75) is 59.7 Å². The van der Waals surface area contributed by atoms with Crippen LogP contribution in [0, 0.1) is 5.92 Å². The molecular weight excluding hydrogens is 454 g/mol. The number of benzene rings is 1. The molecule has 1 aromatic carbocycles. The number of carbonyl (C=O) groups is 1. The van der Waals surface area contributed by atoms with Crippen LogP contribution in [0.5, 0.6) is 0 Å². The topological polar surface area (TPSA) is 96.3 Å². The zero-order valence-electron chi connectivity index (χ0n) is 22.1. The van der Waals surface area contributed by atoms with Crippen LogP contribution in [0.15, 0.2) is 41.5 Å². The van der Waals surface area contributed by atoms with Gasteiger partial charge < -0.3 is 10.2 Å². The van der Waals surface area contributed by atoms with Crippen molar-refractivity contribution in [1.82, 2.24) is 29.3 Å². The molecule has 9 nitrogen and oxygen atoms in total. The summed E-state index contributed by atoms with van der Waals surface area (Å²) in [5, 5.41) is 4.11. The number of piperazine rings is 1. The van der Waals surface area contributed by atoms with Crippen LogP contribution in [-0.4, -0.2) is 61.4 Å². The van der Waals surface area contributed by atoms with E-state index < -0.39 is 0 Å². The summed E-state index contributed by atoms with van der Waals surface area (Å²) in [5.74, 6) is 1.08. The smallest absolute Gasteiger partial charge is 0.348 e. The van der Waals surface area contributed by atoms with Crippen LogP contribution in [0.2, 0.25) is 0 Å². The molecule has 1 saturated heterocycles. The molecule has 2 atom stereocenters. The summed E-state index contributed by atoms with van der Waals surface area (Å²) in [7, 11) is 0. The van der Waals surface area contributed by atoms with Crippen LogP contribution >= 0.6 is 0 Å². The molecule has 1 fully saturated rings. The standard InChI is InChI=1S/C27H37N7O2/c1-17(2)24(33-13-11-32(12-14-33)20(6)35)22-9-7-21(8-10-22)19(5)30-26-28-15-23-16-29-27(36)34(18(3)4)25(23)31-26/h7-10,15-19,24H,11-14H2,1-6H3,(H,28,30,31)/t19-,24?/m0/s1. The first-order valence-corrected chi connectivity index (χ1v) is 12.8. The molecule has 192 valence electrons. The van der Waals surface area contributed by atoms with Crippen molar-refractivity contribution in [2.75, 3.05) is 31.5 Å². The van der Waals surface area contributed by atoms with E-state index in [1.165, 1.54) is 11.8 Å². The van der Waals surface area contributed by atoms with Gasteiger partial charge >= 0.3 is 5.69 Å². The number of anilines is 1. The van der Waals surface area contributed by atoms with Gasteiger partial charge in [-0.3, -0.25) is 14.3 Å². The second-order valence-electron chi connectivity index (χ2n) is 10.2. The number of hydrogen-bond acceptors (Lipinski definition) is 7. The van der Waals surface area contributed by atoms with E-state index >= 15 is 0 Å². The molecule has 2 aromatic heterocycles. The van der Waals surface area contributed by atoms with E-state index in [0.29, 0.717) is 23.6 Å². The van der Waals surface area contributed by atoms with Gasteiger partial charge in [-0.25, -0.2) is 14.8 Å². The zero-order valence-corrected chi connectivity index (χ0v) is 22.1. The summed E-state index contributed by atoms with van der Waals surface area (Å²) in [5.41, 5.74) is 2.68. The third kappa shape index (κ3) is 5.41. The Bertz CT molecular complexity index is 1260. The van der Waals surface area contributed by atoms with Gasteiger partial charge in [0.25, 0.3) is 0 Å². The van der Waals surface area contributed by atoms with Crippen LogP contribution in [0.1, 0.15) is 70.8 Å². The molecule has 3 heterocycles. The Hall–Kier alpha value is -3.33. The molecule has 1 aliphatic heterocycles. The van der Waals surface area contributed by atoms with Crippen molar-refractivity contribution >= 4 is 22.9 Å². The number of aromatic nitrogens is 4. The van der Waals surface area contributed by atoms with Crippen LogP contribution in [-0.2, 0) is 4.79 Å². The summed E-state index contributed by atoms with van der Waals surface area (Å²) in [6, 6.07) is 8.96. The van der Waals surface area contributed by atoms with Gasteiger partial charge in [0.2, 0.25) is 11.9 Å². The molecule has 1 amide bonds. The number of hydrogen-bond donors (Lipinski definition) is 1. The molecule has 0 radical (unpaired) electrons. The van der Waals surface area contributed by atoms with Gasteiger partial charge in [-0.2, -0.15) is 4.98 Å². The van der Waals surface area contributed by atoms with Crippen LogP contribution in [0.25, 0.3) is 11.0 Å². The highest BCUT2D eigenvalue weighted by Crippen LogP contribution is 2.31. The Morgan fingerprint density at radius 1 is 0.917 bits per heavy atom. The van der Waals surface area contributed by atoms with Gasteiger partial charge in [0.05, 0.1) is 11.4 Å². The van der Waals surface area contributed by atoms with Gasteiger partial charge in [-0.15, -0.1) is 0 Å². The monoisotopic (exact) mass is 491 g/mol. The molecule has 0 spiro atoms. The van der Waals surface area contributed by atoms with E-state index in [-0.39, 0.29) is 23.7 Å². The fraction of sp³-hybridized carbons (Fsp3) is 0.519. The summed E-state index contributed by atoms with van der Waals surface area (Å²) >= 11 is 0. The average Bonchev–Trinajstić information content (AvgIpc) is 2.84. The van der Waals surface area contributed by atoms with Gasteiger partial charge in [0.15, 0.2) is 5.65 Å². The maximum absolute atomic E-state index is 12.3. The molecular formula is C27H37N7O2. The molecule has 0 saturated carbocycles. The minimum Gasteiger partial charge on any atom is -0.348 e. The largest absolute Gasteiger partial charge is 0.349 e. The van der Waals surface area contributed by atoms with E-state index in [0.717, 1.165) is 37.1 Å². The predicted octanol–water partition coefficient (Wildman–Crippen LogP) is 3.80. The van der Waals surface area contributed by atoms with Crippen molar-refractivity contribution in [3.8, 4) is 0 Å². The highest BCUT2D eigenvalue weighted by molar-refractivity contribution is 5.74. The van der Waals surface area contributed by atoms with Crippen molar-refractivity contribution in [2.24, 2.45) is 5.92 Å². The minimum absolute atomic E-state index is 0.0193. The number of fused-ring (bicyclic) bond motifs is 1. The number of nitrogens with one attached hydrogen (secondary N) is 1. The van der Waals surface area contributed by atoms with Gasteiger partial charge in [0, 0.05) is 57.6 Å². The van der Waals surface area contributed by atoms with Gasteiger partial charge in [0.1, 0.15) is 0 Å². The first-order chi connectivity index (χ1) is 17.2. The number of nitrogens with zero attached hydrogens (tertiary/aromatic N) is 6. The van der Waals surface area contributed by atoms with Crippen LogP contribution in [0.4, 0.5) is 5.95 Å². The molecule has 36 heavy (non-hydrogen) atoms. The number of amides is 1. The highest BCUT2D eigenvalue weighted by atomic mass is 16.2. The maximum Gasteiger partial charge on any atom is 0.349 e. The third-order valence-corrected chi connectivity index (χ3v) is 6.97. The second-order valence-corrected chi connectivity index (χ2v) is 10.2. The Kier molecular flexibility index (Phi) is 7.68. The molecule has 1 unspecified atom stereocenters. The molecule has 1 aliphatic rings. The van der Waals surface area contributed by atoms with Crippen molar-refractivity contribution in [1.29, 1.82) is 0 Å². The third-order valence-electron chi connectivity index (χ3n) is 6.97. The predicted molar refractivity (Wildman–Crippen MR) is 142 cm³/mol. The summed E-state index contributed by atoms with van der Waals surface area (Å²) in [6.45, 7) is 15.4. The fourth-order valence-electron chi connectivity index (χ4n) is 5.07. The Labute approximate surface area is 212 Å². The molecule has 9 heteroatoms. The molecule has 0 aliphatic carbocycles. The second kappa shape index (κ2) is 10.7. The summed E-state index contributed by atoms with van der Waals surface area (Å²) in [4.78, 5) is 41.4. The molecule has 4 rings (SSSR count). The van der Waals surface area contributed by atoms with E-state index in [2.05, 4.69) is 70.2 Å². The average molecular weight is 492 g/mol. The Balaban J connectivity index is 1.50. The van der Waals surface area contributed by atoms with Gasteiger partial charge in [-0.1, -0.05) is 38.1 Å². The fourth-order valence-corrected chi connectivity index (χ4v) is 5.07. The van der Waals surface area contributed by atoms with Crippen LogP contribution in [0.3, 0.4) is 0 Å². The van der Waals surface area contributed by atoms with Crippen LogP contribution < -0.4 is 11.0 Å². The van der Waals surface area contributed by atoms with E-state index in [1.54, 1.807) is 17.7 Å². The van der Waals surface area contributed by atoms with E-state index in [9.17, 15) is 9.59 Å². The molecule has 3 aromatic rings.